The van der Waals surface area contributed by atoms with Crippen LogP contribution in [0.1, 0.15) is 21.1 Å². The third-order valence-electron chi connectivity index (χ3n) is 2.89. The molecule has 0 aliphatic carbocycles. The molecular weight excluding hydrogens is 328 g/mol. The molecule has 0 radical (unpaired) electrons. The minimum Gasteiger partial charge on any atom is -0.463 e. The molecule has 0 fully saturated rings. The predicted molar refractivity (Wildman–Crippen MR) is 69.1 cm³/mol. The summed E-state index contributed by atoms with van der Waals surface area (Å²) in [5.74, 6) is -1.97. The van der Waals surface area contributed by atoms with E-state index in [0.717, 1.165) is 13.2 Å². The fourth-order valence-corrected chi connectivity index (χ4v) is 1.80. The highest BCUT2D eigenvalue weighted by molar-refractivity contribution is 5.89. The summed E-state index contributed by atoms with van der Waals surface area (Å²) < 4.78 is 23.1. The number of carbonyl (C=O) groups is 2. The van der Waals surface area contributed by atoms with Gasteiger partial charge in [-0.1, -0.05) is 10.3 Å². The smallest absolute Gasteiger partial charge is 0.376 e. The van der Waals surface area contributed by atoms with Crippen molar-refractivity contribution in [3.63, 3.8) is 0 Å². The van der Waals surface area contributed by atoms with Crippen molar-refractivity contribution in [1.29, 1.82) is 0 Å². The molecule has 3 aromatic heterocycles. The molecule has 0 saturated carbocycles. The first kappa shape index (κ1) is 15.2. The number of hydrogen-bond acceptors (Lipinski definition) is 11. The first-order valence-electron chi connectivity index (χ1n) is 6.25. The summed E-state index contributed by atoms with van der Waals surface area (Å²) >= 11 is 0. The number of ether oxygens (including phenoxy) is 2. The van der Waals surface area contributed by atoms with Gasteiger partial charge in [-0.05, 0) is 4.90 Å². The molecule has 12 nitrogen and oxygen atoms in total. The highest BCUT2D eigenvalue weighted by Crippen LogP contribution is 2.27. The van der Waals surface area contributed by atoms with Crippen LogP contribution in [0.15, 0.2) is 25.8 Å². The zero-order valence-electron chi connectivity index (χ0n) is 12.2. The average Bonchev–Trinajstić information content (AvgIpc) is 3.31. The summed E-state index contributed by atoms with van der Waals surface area (Å²) in [5, 5.41) is 22.5. The zero-order valence-corrected chi connectivity index (χ0v) is 12.2. The Morgan fingerprint density at radius 2 is 1.54 bits per heavy atom. The van der Waals surface area contributed by atoms with Gasteiger partial charge in [0.05, 0.1) is 14.2 Å². The van der Waals surface area contributed by atoms with Crippen LogP contribution in [0, 0.1) is 5.21 Å². The third kappa shape index (κ3) is 2.45. The molecule has 0 amide bonds. The van der Waals surface area contributed by atoms with Crippen LogP contribution >= 0.6 is 0 Å². The van der Waals surface area contributed by atoms with E-state index in [1.54, 1.807) is 0 Å². The fraction of sp³-hybridized carbons (Fsp3) is 0.167. The maximum atomic E-state index is 11.8. The molecule has 0 unspecified atom stereocenters. The molecule has 0 aliphatic heterocycles. The van der Waals surface area contributed by atoms with Crippen LogP contribution < -0.4 is 4.90 Å². The van der Waals surface area contributed by atoms with Gasteiger partial charge in [-0.3, -0.25) is 4.63 Å². The zero-order chi connectivity index (χ0) is 17.3. The lowest BCUT2D eigenvalue weighted by Crippen LogP contribution is -2.25. The first-order valence-corrected chi connectivity index (χ1v) is 6.25. The van der Waals surface area contributed by atoms with Gasteiger partial charge in [0.2, 0.25) is 11.5 Å². The van der Waals surface area contributed by atoms with E-state index in [4.69, 9.17) is 9.05 Å². The van der Waals surface area contributed by atoms with E-state index in [9.17, 15) is 14.8 Å². The third-order valence-corrected chi connectivity index (χ3v) is 2.89. The molecule has 0 bridgehead atoms. The second-order valence-corrected chi connectivity index (χ2v) is 4.26. The molecule has 24 heavy (non-hydrogen) atoms. The Bertz CT molecular complexity index is 908. The summed E-state index contributed by atoms with van der Waals surface area (Å²) in [4.78, 5) is 22.8. The van der Waals surface area contributed by atoms with E-state index in [0.29, 0.717) is 0 Å². The quantitative estimate of drug-likeness (QED) is 0.473. The van der Waals surface area contributed by atoms with Gasteiger partial charge in [0.15, 0.2) is 11.4 Å². The van der Waals surface area contributed by atoms with Gasteiger partial charge >= 0.3 is 11.9 Å². The van der Waals surface area contributed by atoms with Crippen molar-refractivity contribution >= 4 is 11.9 Å². The first-order chi connectivity index (χ1) is 11.5. The highest BCUT2D eigenvalue weighted by Gasteiger charge is 2.30. The number of carbonyl (C=O) groups excluding carboxylic acids is 2. The van der Waals surface area contributed by atoms with E-state index >= 15 is 0 Å². The second-order valence-electron chi connectivity index (χ2n) is 4.26. The molecule has 3 heterocycles. The average molecular weight is 336 g/mol. The molecule has 124 valence electrons. The van der Waals surface area contributed by atoms with Gasteiger partial charge in [0.1, 0.15) is 0 Å². The van der Waals surface area contributed by atoms with Crippen molar-refractivity contribution < 1.29 is 37.6 Å². The minimum absolute atomic E-state index is 0.0198. The van der Waals surface area contributed by atoms with Crippen molar-refractivity contribution in [1.82, 2.24) is 15.5 Å². The van der Waals surface area contributed by atoms with Gasteiger partial charge in [-0.15, -0.1) is 0 Å². The Labute approximate surface area is 132 Å². The van der Waals surface area contributed by atoms with E-state index in [2.05, 4.69) is 29.6 Å². The van der Waals surface area contributed by atoms with E-state index in [-0.39, 0.29) is 39.2 Å². The van der Waals surface area contributed by atoms with Crippen LogP contribution in [0.25, 0.3) is 22.8 Å². The van der Waals surface area contributed by atoms with E-state index in [1.165, 1.54) is 13.2 Å². The Hall–Kier alpha value is -3.70. The Kier molecular flexibility index (Phi) is 3.69. The van der Waals surface area contributed by atoms with Gasteiger partial charge < -0.3 is 23.7 Å². The van der Waals surface area contributed by atoms with E-state index in [1.807, 2.05) is 0 Å². The number of esters is 2. The van der Waals surface area contributed by atoms with Crippen molar-refractivity contribution in [2.24, 2.45) is 0 Å². The Morgan fingerprint density at radius 1 is 1.00 bits per heavy atom. The summed E-state index contributed by atoms with van der Waals surface area (Å²) in [7, 11) is 2.33. The summed E-state index contributed by atoms with van der Waals surface area (Å²) in [6, 6.07) is 2.37. The molecule has 0 aromatic carbocycles. The molecule has 0 atom stereocenters. The summed E-state index contributed by atoms with van der Waals surface area (Å²) in [5.41, 5.74) is -0.303. The lowest BCUT2D eigenvalue weighted by molar-refractivity contribution is -0.793. The maximum absolute atomic E-state index is 11.8. The fourth-order valence-electron chi connectivity index (χ4n) is 1.80. The topological polar surface area (TPSA) is 158 Å². The SMILES string of the molecule is COC(=O)c1cc(-c2no[n+]([O-])c2-c2cc(C(=O)OC)on2)no1. The van der Waals surface area contributed by atoms with Gasteiger partial charge in [0.25, 0.3) is 11.4 Å². The molecule has 0 saturated heterocycles. The molecular formula is C12H8N4O8. The number of hydrogen-bond donors (Lipinski definition) is 0. The predicted octanol–water partition coefficient (Wildman–Crippen LogP) is 0.191. The van der Waals surface area contributed by atoms with Gasteiger partial charge in [0, 0.05) is 17.3 Å². The van der Waals surface area contributed by atoms with Crippen LogP contribution in [-0.4, -0.2) is 41.6 Å². The van der Waals surface area contributed by atoms with Crippen LogP contribution in [-0.2, 0) is 9.47 Å². The molecule has 3 rings (SSSR count). The lowest BCUT2D eigenvalue weighted by Gasteiger charge is -1.90. The van der Waals surface area contributed by atoms with Gasteiger partial charge in [-0.2, -0.15) is 0 Å². The van der Waals surface area contributed by atoms with Crippen molar-refractivity contribution in [2.75, 3.05) is 14.2 Å². The van der Waals surface area contributed by atoms with Crippen LogP contribution in [0.5, 0.6) is 0 Å². The van der Waals surface area contributed by atoms with Crippen LogP contribution in [0.3, 0.4) is 0 Å². The minimum atomic E-state index is -0.779. The van der Waals surface area contributed by atoms with E-state index < -0.39 is 11.9 Å². The molecule has 12 heteroatoms. The second kappa shape index (κ2) is 5.83. The monoisotopic (exact) mass is 336 g/mol. The van der Waals surface area contributed by atoms with Crippen molar-refractivity contribution in [3.8, 4) is 22.8 Å². The lowest BCUT2D eigenvalue weighted by atomic mass is 10.2. The van der Waals surface area contributed by atoms with Crippen LogP contribution in [0.4, 0.5) is 0 Å². The number of nitrogens with zero attached hydrogens (tertiary/aromatic N) is 4. The van der Waals surface area contributed by atoms with Gasteiger partial charge in [-0.25, -0.2) is 9.59 Å². The molecule has 0 aliphatic rings. The van der Waals surface area contributed by atoms with Crippen LogP contribution in [0.2, 0.25) is 0 Å². The Balaban J connectivity index is 2.03. The highest BCUT2D eigenvalue weighted by atomic mass is 16.8. The number of methoxy groups -OCH3 is 2. The summed E-state index contributed by atoms with van der Waals surface area (Å²) in [6.45, 7) is 0. The van der Waals surface area contributed by atoms with Crippen molar-refractivity contribution in [2.45, 2.75) is 0 Å². The molecule has 0 spiro atoms. The van der Waals surface area contributed by atoms with Crippen molar-refractivity contribution in [3.05, 3.63) is 28.9 Å². The molecule has 3 aromatic rings. The number of aromatic nitrogens is 4. The standard InChI is InChI=1S/C12H8N4O8/c1-20-11(17)7-3-5(13-22-7)9-10(16(19)24-15-9)6-4-8(23-14-6)12(18)21-2/h3-4H,1-2H3. The number of rotatable bonds is 4. The normalized spacial score (nSPS) is 10.6. The maximum Gasteiger partial charge on any atom is 0.376 e. The molecule has 0 N–H and O–H groups in total. The Morgan fingerprint density at radius 3 is 2.12 bits per heavy atom. The summed E-state index contributed by atoms with van der Waals surface area (Å²) in [6.07, 6.45) is 0. The largest absolute Gasteiger partial charge is 0.463 e.